The third kappa shape index (κ3) is 10.9. The Balaban J connectivity index is 4.16. The molecule has 0 heterocycles. The highest BCUT2D eigenvalue weighted by atomic mass is 32.2. The minimum atomic E-state index is -5.48. The molecule has 0 aliphatic heterocycles. The first-order chi connectivity index (χ1) is 11.4. The Morgan fingerprint density at radius 1 is 0.960 bits per heavy atom. The molecule has 1 unspecified atom stereocenters. The van der Waals surface area contributed by atoms with E-state index in [9.17, 15) is 26.7 Å². The van der Waals surface area contributed by atoms with E-state index in [1.165, 1.54) is 11.8 Å². The SMILES string of the molecule is CC(C)COC(=O)C(CC(C)C)SCCCCCC(F)(F)C(F)(F)F. The Kier molecular flexibility index (Phi) is 11.0. The molecule has 0 amide bonds. The second kappa shape index (κ2) is 11.2. The highest BCUT2D eigenvalue weighted by Gasteiger charge is 2.56. The van der Waals surface area contributed by atoms with E-state index in [4.69, 9.17) is 4.74 Å². The molecule has 0 saturated heterocycles. The summed E-state index contributed by atoms with van der Waals surface area (Å²) < 4.78 is 66.9. The molecular formula is C17H29F5O2S. The predicted molar refractivity (Wildman–Crippen MR) is 91.0 cm³/mol. The molecular weight excluding hydrogens is 363 g/mol. The van der Waals surface area contributed by atoms with Gasteiger partial charge in [-0.15, -0.1) is 11.8 Å². The first kappa shape index (κ1) is 24.5. The summed E-state index contributed by atoms with van der Waals surface area (Å²) in [5, 5.41) is -0.324. The lowest BCUT2D eigenvalue weighted by Crippen LogP contribution is -2.36. The highest BCUT2D eigenvalue weighted by Crippen LogP contribution is 2.39. The smallest absolute Gasteiger partial charge is 0.453 e. The summed E-state index contributed by atoms with van der Waals surface area (Å²) in [5.41, 5.74) is 0. The molecule has 0 aromatic carbocycles. The number of hydrogen-bond donors (Lipinski definition) is 0. The Morgan fingerprint density at radius 3 is 2.04 bits per heavy atom. The fraction of sp³-hybridized carbons (Fsp3) is 0.941. The molecule has 2 nitrogen and oxygen atoms in total. The van der Waals surface area contributed by atoms with Crippen LogP contribution in [0.4, 0.5) is 22.0 Å². The van der Waals surface area contributed by atoms with Gasteiger partial charge in [-0.1, -0.05) is 34.1 Å². The molecule has 0 radical (unpaired) electrons. The number of unbranched alkanes of at least 4 members (excludes halogenated alkanes) is 2. The standard InChI is InChI=1S/C17H29F5O2S/c1-12(2)10-14(15(23)24-11-13(3)4)25-9-7-5-6-8-16(18,19)17(20,21)22/h12-14H,5-11H2,1-4H3. The maximum Gasteiger partial charge on any atom is 0.453 e. The summed E-state index contributed by atoms with van der Waals surface area (Å²) in [5.74, 6) is -3.83. The van der Waals surface area contributed by atoms with Gasteiger partial charge >= 0.3 is 18.1 Å². The molecule has 0 rings (SSSR count). The van der Waals surface area contributed by atoms with Gasteiger partial charge in [0.1, 0.15) is 5.25 Å². The van der Waals surface area contributed by atoms with Crippen LogP contribution >= 0.6 is 11.8 Å². The topological polar surface area (TPSA) is 26.3 Å². The van der Waals surface area contributed by atoms with E-state index in [0.29, 0.717) is 31.1 Å². The van der Waals surface area contributed by atoms with Crippen molar-refractivity contribution in [1.29, 1.82) is 0 Å². The van der Waals surface area contributed by atoms with Crippen LogP contribution < -0.4 is 0 Å². The van der Waals surface area contributed by atoms with Crippen LogP contribution in [-0.2, 0) is 9.53 Å². The van der Waals surface area contributed by atoms with Gasteiger partial charge in [0.05, 0.1) is 6.61 Å². The van der Waals surface area contributed by atoms with Crippen LogP contribution in [0.5, 0.6) is 0 Å². The van der Waals surface area contributed by atoms with Crippen LogP contribution in [-0.4, -0.2) is 35.7 Å². The molecule has 0 aromatic rings. The van der Waals surface area contributed by atoms with Crippen LogP contribution in [0.2, 0.25) is 0 Å². The average molecular weight is 392 g/mol. The van der Waals surface area contributed by atoms with E-state index in [-0.39, 0.29) is 30.0 Å². The van der Waals surface area contributed by atoms with Crippen LogP contribution in [0.3, 0.4) is 0 Å². The van der Waals surface area contributed by atoms with Crippen molar-refractivity contribution in [3.8, 4) is 0 Å². The van der Waals surface area contributed by atoms with Gasteiger partial charge in [0, 0.05) is 6.42 Å². The minimum Gasteiger partial charge on any atom is -0.465 e. The molecule has 0 fully saturated rings. The zero-order valence-corrected chi connectivity index (χ0v) is 16.1. The summed E-state index contributed by atoms with van der Waals surface area (Å²) in [6.45, 7) is 8.20. The van der Waals surface area contributed by atoms with Crippen LogP contribution in [0, 0.1) is 11.8 Å². The Bertz CT molecular complexity index is 384. The van der Waals surface area contributed by atoms with Crippen molar-refractivity contribution in [2.45, 2.75) is 77.1 Å². The van der Waals surface area contributed by atoms with E-state index in [0.717, 1.165) is 0 Å². The first-order valence-electron chi connectivity index (χ1n) is 8.59. The summed E-state index contributed by atoms with van der Waals surface area (Å²) in [6, 6.07) is 0. The van der Waals surface area contributed by atoms with Crippen molar-refractivity contribution in [3.63, 3.8) is 0 Å². The van der Waals surface area contributed by atoms with Crippen molar-refractivity contribution in [3.05, 3.63) is 0 Å². The van der Waals surface area contributed by atoms with E-state index in [1.54, 1.807) is 0 Å². The van der Waals surface area contributed by atoms with E-state index < -0.39 is 18.5 Å². The van der Waals surface area contributed by atoms with Gasteiger partial charge in [-0.25, -0.2) is 0 Å². The minimum absolute atomic E-state index is 0.195. The average Bonchev–Trinajstić information content (AvgIpc) is 2.45. The number of rotatable bonds is 12. The van der Waals surface area contributed by atoms with Gasteiger partial charge in [0.15, 0.2) is 0 Å². The summed E-state index contributed by atoms with van der Waals surface area (Å²) >= 11 is 1.39. The van der Waals surface area contributed by atoms with Crippen molar-refractivity contribution >= 4 is 17.7 Å². The second-order valence-corrected chi connectivity index (χ2v) is 8.34. The lowest BCUT2D eigenvalue weighted by molar-refractivity contribution is -0.284. The lowest BCUT2D eigenvalue weighted by atomic mass is 10.1. The highest BCUT2D eigenvalue weighted by molar-refractivity contribution is 8.00. The van der Waals surface area contributed by atoms with Crippen LogP contribution in [0.1, 0.15) is 59.8 Å². The van der Waals surface area contributed by atoms with Gasteiger partial charge in [-0.3, -0.25) is 4.79 Å². The normalized spacial score (nSPS) is 14.2. The van der Waals surface area contributed by atoms with Crippen molar-refractivity contribution in [2.24, 2.45) is 11.8 Å². The fourth-order valence-corrected chi connectivity index (χ4v) is 3.38. The van der Waals surface area contributed by atoms with Gasteiger partial charge < -0.3 is 4.74 Å². The number of ether oxygens (including phenoxy) is 1. The largest absolute Gasteiger partial charge is 0.465 e. The third-order valence-electron chi connectivity index (χ3n) is 3.38. The quantitative estimate of drug-likeness (QED) is 0.228. The summed E-state index contributed by atoms with van der Waals surface area (Å²) in [6.07, 6.45) is -5.45. The van der Waals surface area contributed by atoms with Gasteiger partial charge in [0.2, 0.25) is 0 Å². The first-order valence-corrected chi connectivity index (χ1v) is 9.64. The fourth-order valence-electron chi connectivity index (χ4n) is 2.00. The number of carbonyl (C=O) groups is 1. The molecule has 25 heavy (non-hydrogen) atoms. The predicted octanol–water partition coefficient (Wildman–Crippen LogP) is 6.09. The molecule has 0 N–H and O–H groups in total. The molecule has 0 spiro atoms. The second-order valence-electron chi connectivity index (χ2n) is 7.03. The lowest BCUT2D eigenvalue weighted by Gasteiger charge is -2.20. The van der Waals surface area contributed by atoms with Gasteiger partial charge in [-0.05, 0) is 36.9 Å². The molecule has 0 aliphatic rings. The molecule has 150 valence electrons. The Morgan fingerprint density at radius 2 is 1.56 bits per heavy atom. The van der Waals surface area contributed by atoms with Crippen molar-refractivity contribution in [2.75, 3.05) is 12.4 Å². The number of alkyl halides is 5. The molecule has 1 atom stereocenters. The molecule has 8 heteroatoms. The number of carbonyl (C=O) groups excluding carboxylic acids is 1. The Labute approximate surface area is 151 Å². The van der Waals surface area contributed by atoms with E-state index in [1.807, 2.05) is 27.7 Å². The summed E-state index contributed by atoms with van der Waals surface area (Å²) in [4.78, 5) is 12.1. The summed E-state index contributed by atoms with van der Waals surface area (Å²) in [7, 11) is 0. The Hall–Kier alpha value is -0.530. The zero-order valence-electron chi connectivity index (χ0n) is 15.3. The monoisotopic (exact) mass is 392 g/mol. The van der Waals surface area contributed by atoms with Gasteiger partial charge in [0.25, 0.3) is 0 Å². The maximum absolute atomic E-state index is 12.8. The van der Waals surface area contributed by atoms with E-state index in [2.05, 4.69) is 0 Å². The third-order valence-corrected chi connectivity index (χ3v) is 4.69. The number of thioether (sulfide) groups is 1. The molecule has 0 aliphatic carbocycles. The zero-order chi connectivity index (χ0) is 19.7. The van der Waals surface area contributed by atoms with Crippen molar-refractivity contribution < 1.29 is 31.5 Å². The molecule has 0 saturated carbocycles. The molecule has 0 aromatic heterocycles. The van der Waals surface area contributed by atoms with E-state index >= 15 is 0 Å². The van der Waals surface area contributed by atoms with Gasteiger partial charge in [-0.2, -0.15) is 22.0 Å². The van der Waals surface area contributed by atoms with Crippen LogP contribution in [0.25, 0.3) is 0 Å². The maximum atomic E-state index is 12.8. The van der Waals surface area contributed by atoms with Crippen LogP contribution in [0.15, 0.2) is 0 Å². The molecule has 0 bridgehead atoms. The number of esters is 1. The number of halogens is 5. The number of hydrogen-bond acceptors (Lipinski definition) is 3. The van der Waals surface area contributed by atoms with Crippen molar-refractivity contribution in [1.82, 2.24) is 0 Å².